The number of rotatable bonds is 7. The lowest BCUT2D eigenvalue weighted by molar-refractivity contribution is 0.416. The van der Waals surface area contributed by atoms with Gasteiger partial charge >= 0.3 is 0 Å². The van der Waals surface area contributed by atoms with Gasteiger partial charge < -0.3 is 4.74 Å². The highest BCUT2D eigenvalue weighted by molar-refractivity contribution is 7.92. The van der Waals surface area contributed by atoms with E-state index in [-0.39, 0.29) is 4.90 Å². The van der Waals surface area contributed by atoms with E-state index < -0.39 is 10.0 Å². The van der Waals surface area contributed by atoms with Crippen molar-refractivity contribution >= 4 is 15.8 Å². The quantitative estimate of drug-likeness (QED) is 0.655. The summed E-state index contributed by atoms with van der Waals surface area (Å²) < 4.78 is 37.0. The molecule has 0 aliphatic heterocycles. The number of nitrogens with zero attached hydrogens (tertiary/aromatic N) is 4. The predicted molar refractivity (Wildman–Crippen MR) is 108 cm³/mol. The van der Waals surface area contributed by atoms with Crippen LogP contribution in [0.25, 0.3) is 11.3 Å². The summed E-state index contributed by atoms with van der Waals surface area (Å²) in [6.07, 6.45) is 1.56. The van der Waals surface area contributed by atoms with Crippen LogP contribution in [-0.4, -0.2) is 35.1 Å². The highest BCUT2D eigenvalue weighted by atomic mass is 32.2. The second-order valence-corrected chi connectivity index (χ2v) is 8.69. The second kappa shape index (κ2) is 7.67. The van der Waals surface area contributed by atoms with Crippen molar-refractivity contribution in [3.63, 3.8) is 0 Å². The first-order valence-corrected chi connectivity index (χ1v) is 10.4. The summed E-state index contributed by atoms with van der Waals surface area (Å²) in [5, 5.41) is 8.74. The number of anilines is 1. The molecule has 0 unspecified atom stereocenters. The first kappa shape index (κ1) is 19.9. The molecule has 0 aliphatic carbocycles. The van der Waals surface area contributed by atoms with Crippen molar-refractivity contribution in [2.24, 2.45) is 13.0 Å². The predicted octanol–water partition coefficient (Wildman–Crippen LogP) is 3.06. The van der Waals surface area contributed by atoms with E-state index in [0.29, 0.717) is 35.4 Å². The number of para-hydroxylation sites is 1. The highest BCUT2D eigenvalue weighted by Gasteiger charge is 2.23. The number of aromatic nitrogens is 4. The van der Waals surface area contributed by atoms with Crippen molar-refractivity contribution < 1.29 is 13.2 Å². The molecule has 0 aliphatic rings. The summed E-state index contributed by atoms with van der Waals surface area (Å²) in [5.74, 6) is 1.39. The average Bonchev–Trinajstić information content (AvgIpc) is 3.17. The van der Waals surface area contributed by atoms with Gasteiger partial charge in [-0.25, -0.2) is 8.42 Å². The summed E-state index contributed by atoms with van der Waals surface area (Å²) >= 11 is 0. The van der Waals surface area contributed by atoms with Crippen molar-refractivity contribution in [1.29, 1.82) is 0 Å². The van der Waals surface area contributed by atoms with E-state index in [1.165, 1.54) is 4.68 Å². The third-order valence-corrected chi connectivity index (χ3v) is 5.70. The maximum absolute atomic E-state index is 12.9. The number of hydrogen-bond donors (Lipinski definition) is 1. The molecule has 0 saturated carbocycles. The minimum atomic E-state index is -3.79. The fourth-order valence-corrected chi connectivity index (χ4v) is 4.24. The molecule has 0 spiro atoms. The molecule has 1 N–H and O–H groups in total. The Kier molecular flexibility index (Phi) is 5.46. The number of methoxy groups -OCH3 is 1. The summed E-state index contributed by atoms with van der Waals surface area (Å²) in [6, 6.07) is 9.14. The number of benzene rings is 1. The van der Waals surface area contributed by atoms with Gasteiger partial charge in [0, 0.05) is 31.4 Å². The van der Waals surface area contributed by atoms with Gasteiger partial charge in [-0.2, -0.15) is 10.2 Å². The van der Waals surface area contributed by atoms with Crippen LogP contribution in [0, 0.1) is 12.8 Å². The van der Waals surface area contributed by atoms with Crippen LogP contribution in [0.4, 0.5) is 5.82 Å². The molecule has 2 aromatic heterocycles. The molecule has 2 heterocycles. The van der Waals surface area contributed by atoms with Crippen molar-refractivity contribution in [3.05, 3.63) is 42.2 Å². The zero-order chi connectivity index (χ0) is 20.5. The lowest BCUT2D eigenvalue weighted by Crippen LogP contribution is -2.15. The van der Waals surface area contributed by atoms with Crippen molar-refractivity contribution in [3.8, 4) is 17.0 Å². The minimum absolute atomic E-state index is 0.160. The van der Waals surface area contributed by atoms with Crippen LogP contribution in [0.2, 0.25) is 0 Å². The molecule has 0 radical (unpaired) electrons. The van der Waals surface area contributed by atoms with Crippen LogP contribution in [0.5, 0.6) is 5.75 Å². The van der Waals surface area contributed by atoms with Gasteiger partial charge in [0.25, 0.3) is 10.0 Å². The van der Waals surface area contributed by atoms with Crippen LogP contribution in [0.1, 0.15) is 19.5 Å². The Morgan fingerprint density at radius 3 is 2.61 bits per heavy atom. The van der Waals surface area contributed by atoms with E-state index in [4.69, 9.17) is 4.74 Å². The van der Waals surface area contributed by atoms with Crippen LogP contribution in [0.15, 0.2) is 41.4 Å². The summed E-state index contributed by atoms with van der Waals surface area (Å²) in [4.78, 5) is 0.160. The third kappa shape index (κ3) is 4.04. The lowest BCUT2D eigenvalue weighted by atomic mass is 10.1. The first-order valence-electron chi connectivity index (χ1n) is 8.95. The normalized spacial score (nSPS) is 11.8. The Balaban J connectivity index is 1.92. The molecule has 3 rings (SSSR count). The molecule has 1 aromatic carbocycles. The van der Waals surface area contributed by atoms with Gasteiger partial charge in [-0.15, -0.1) is 0 Å². The Bertz CT molecular complexity index is 1080. The second-order valence-electron chi connectivity index (χ2n) is 7.04. The summed E-state index contributed by atoms with van der Waals surface area (Å²) in [7, 11) is -0.519. The maximum Gasteiger partial charge on any atom is 0.266 e. The zero-order valence-electron chi connectivity index (χ0n) is 16.7. The van der Waals surface area contributed by atoms with Crippen molar-refractivity contribution in [2.75, 3.05) is 11.8 Å². The van der Waals surface area contributed by atoms with Gasteiger partial charge in [-0.05, 0) is 25.0 Å². The number of sulfonamides is 1. The lowest BCUT2D eigenvalue weighted by Gasteiger charge is -2.06. The Labute approximate surface area is 165 Å². The topological polar surface area (TPSA) is 91.0 Å². The van der Waals surface area contributed by atoms with Gasteiger partial charge in [0.05, 0.1) is 18.5 Å². The maximum atomic E-state index is 12.9. The number of ether oxygens (including phenoxy) is 1. The van der Waals surface area contributed by atoms with Crippen LogP contribution in [-0.2, 0) is 23.6 Å². The van der Waals surface area contributed by atoms with E-state index in [0.717, 1.165) is 5.56 Å². The third-order valence-electron chi connectivity index (χ3n) is 4.24. The van der Waals surface area contributed by atoms with Gasteiger partial charge in [0.2, 0.25) is 0 Å². The fourth-order valence-electron chi connectivity index (χ4n) is 2.97. The Morgan fingerprint density at radius 1 is 1.21 bits per heavy atom. The summed E-state index contributed by atoms with van der Waals surface area (Å²) in [5.41, 5.74) is 1.86. The molecule has 0 bridgehead atoms. The fraction of sp³-hybridized carbons (Fsp3) is 0.368. The van der Waals surface area contributed by atoms with E-state index in [2.05, 4.69) is 28.8 Å². The van der Waals surface area contributed by atoms with E-state index in [1.54, 1.807) is 38.0 Å². The first-order chi connectivity index (χ1) is 13.2. The van der Waals surface area contributed by atoms with E-state index in [9.17, 15) is 8.42 Å². The molecule has 0 fully saturated rings. The largest absolute Gasteiger partial charge is 0.496 e. The molecule has 8 nitrogen and oxygen atoms in total. The van der Waals surface area contributed by atoms with Crippen LogP contribution < -0.4 is 9.46 Å². The van der Waals surface area contributed by atoms with Gasteiger partial charge in [-0.3, -0.25) is 14.1 Å². The van der Waals surface area contributed by atoms with Crippen LogP contribution in [0.3, 0.4) is 0 Å². The Morgan fingerprint density at radius 2 is 1.93 bits per heavy atom. The van der Waals surface area contributed by atoms with Gasteiger partial charge in [-0.1, -0.05) is 26.0 Å². The number of aryl methyl sites for hydroxylation is 2. The standard InChI is InChI=1S/C19H25N5O3S/c1-13(2)11-24-12-18(14(3)20-24)28(25,26)22-19-10-16(21-23(19)4)15-8-6-7-9-17(15)27-5/h6-10,12-13,22H,11H2,1-5H3. The molecule has 9 heteroatoms. The van der Waals surface area contributed by atoms with Crippen LogP contribution >= 0.6 is 0 Å². The molecule has 3 aromatic rings. The average molecular weight is 404 g/mol. The molecule has 0 amide bonds. The van der Waals surface area contributed by atoms with Gasteiger partial charge in [0.15, 0.2) is 0 Å². The van der Waals surface area contributed by atoms with Gasteiger partial charge in [0.1, 0.15) is 16.5 Å². The van der Waals surface area contributed by atoms with E-state index >= 15 is 0 Å². The zero-order valence-corrected chi connectivity index (χ0v) is 17.5. The van der Waals surface area contributed by atoms with Crippen molar-refractivity contribution in [2.45, 2.75) is 32.2 Å². The van der Waals surface area contributed by atoms with E-state index in [1.807, 2.05) is 24.3 Å². The molecule has 0 atom stereocenters. The summed E-state index contributed by atoms with van der Waals surface area (Å²) in [6.45, 7) is 6.45. The Hall–Kier alpha value is -2.81. The molecular weight excluding hydrogens is 378 g/mol. The molecule has 0 saturated heterocycles. The minimum Gasteiger partial charge on any atom is -0.496 e. The van der Waals surface area contributed by atoms with Crippen molar-refractivity contribution in [1.82, 2.24) is 19.6 Å². The molecular formula is C19H25N5O3S. The number of nitrogens with one attached hydrogen (secondary N) is 1. The molecule has 150 valence electrons. The monoisotopic (exact) mass is 403 g/mol. The highest BCUT2D eigenvalue weighted by Crippen LogP contribution is 2.30. The smallest absolute Gasteiger partial charge is 0.266 e. The SMILES string of the molecule is COc1ccccc1-c1cc(NS(=O)(=O)c2cn(CC(C)C)nc2C)n(C)n1. The molecule has 28 heavy (non-hydrogen) atoms. The number of hydrogen-bond acceptors (Lipinski definition) is 5.